The summed E-state index contributed by atoms with van der Waals surface area (Å²) in [6, 6.07) is 10.1. The molecule has 0 radical (unpaired) electrons. The van der Waals surface area contributed by atoms with Gasteiger partial charge in [0.2, 0.25) is 0 Å². The van der Waals surface area contributed by atoms with Crippen LogP contribution in [0.25, 0.3) is 0 Å². The van der Waals surface area contributed by atoms with Crippen molar-refractivity contribution in [2.75, 3.05) is 38.2 Å². The standard InChI is InChI=1S/C17H29N3O3S.HI/c1-4-18-17(20-12-14-24(3,21)22)19-11-8-13-23-15(2)16-9-6-5-7-10-16;/h5-7,9-10,15H,4,8,11-14H2,1-3H3,(H2,18,19,20);1H. The van der Waals surface area contributed by atoms with Gasteiger partial charge >= 0.3 is 0 Å². The van der Waals surface area contributed by atoms with Crippen LogP contribution < -0.4 is 10.6 Å². The fraction of sp³-hybridized carbons (Fsp3) is 0.588. The Hall–Kier alpha value is -0.870. The normalized spacial score (nSPS) is 13.0. The van der Waals surface area contributed by atoms with Crippen molar-refractivity contribution in [2.45, 2.75) is 26.4 Å². The summed E-state index contributed by atoms with van der Waals surface area (Å²) in [7, 11) is -2.97. The number of hydrogen-bond donors (Lipinski definition) is 2. The first-order valence-corrected chi connectivity index (χ1v) is 10.3. The van der Waals surface area contributed by atoms with Crippen LogP contribution in [0.1, 0.15) is 31.9 Å². The molecule has 1 unspecified atom stereocenters. The Morgan fingerprint density at radius 2 is 1.92 bits per heavy atom. The molecule has 1 rings (SSSR count). The highest BCUT2D eigenvalue weighted by molar-refractivity contribution is 14.0. The molecule has 0 spiro atoms. The molecule has 1 atom stereocenters. The van der Waals surface area contributed by atoms with Gasteiger partial charge in [-0.25, -0.2) is 8.42 Å². The quantitative estimate of drug-likeness (QED) is 0.231. The molecule has 0 aliphatic heterocycles. The molecule has 0 aromatic heterocycles. The lowest BCUT2D eigenvalue weighted by Crippen LogP contribution is -2.39. The number of guanidine groups is 1. The van der Waals surface area contributed by atoms with Gasteiger partial charge in [0.15, 0.2) is 5.96 Å². The van der Waals surface area contributed by atoms with E-state index in [0.29, 0.717) is 25.7 Å². The molecule has 0 aliphatic rings. The van der Waals surface area contributed by atoms with Gasteiger partial charge in [-0.15, -0.1) is 24.0 Å². The molecular formula is C17H30IN3O3S. The molecule has 2 N–H and O–H groups in total. The van der Waals surface area contributed by atoms with E-state index >= 15 is 0 Å². The van der Waals surface area contributed by atoms with Crippen LogP contribution in [0.4, 0.5) is 0 Å². The SMILES string of the molecule is CCNC(=NCCCOC(C)c1ccccc1)NCCS(C)(=O)=O.I. The van der Waals surface area contributed by atoms with E-state index in [1.54, 1.807) is 0 Å². The van der Waals surface area contributed by atoms with Crippen molar-refractivity contribution in [1.29, 1.82) is 0 Å². The van der Waals surface area contributed by atoms with Crippen LogP contribution in [0.3, 0.4) is 0 Å². The summed E-state index contributed by atoms with van der Waals surface area (Å²) >= 11 is 0. The van der Waals surface area contributed by atoms with E-state index in [1.165, 1.54) is 6.26 Å². The molecular weight excluding hydrogens is 453 g/mol. The first-order chi connectivity index (χ1) is 11.4. The van der Waals surface area contributed by atoms with Crippen molar-refractivity contribution in [2.24, 2.45) is 4.99 Å². The summed E-state index contributed by atoms with van der Waals surface area (Å²) in [5, 5.41) is 6.12. The van der Waals surface area contributed by atoms with E-state index in [0.717, 1.165) is 18.5 Å². The predicted octanol–water partition coefficient (Wildman–Crippen LogP) is 2.37. The monoisotopic (exact) mass is 483 g/mol. The van der Waals surface area contributed by atoms with Crippen LogP contribution in [0.2, 0.25) is 0 Å². The van der Waals surface area contributed by atoms with Gasteiger partial charge in [0.1, 0.15) is 9.84 Å². The van der Waals surface area contributed by atoms with Gasteiger partial charge in [0.05, 0.1) is 11.9 Å². The molecule has 0 aliphatic carbocycles. The van der Waals surface area contributed by atoms with Gasteiger partial charge in [0, 0.05) is 32.5 Å². The number of hydrogen-bond acceptors (Lipinski definition) is 4. The summed E-state index contributed by atoms with van der Waals surface area (Å²) in [5.74, 6) is 0.729. The van der Waals surface area contributed by atoms with Crippen LogP contribution in [0.15, 0.2) is 35.3 Å². The van der Waals surface area contributed by atoms with Crippen LogP contribution in [0.5, 0.6) is 0 Å². The summed E-state index contributed by atoms with van der Waals surface area (Å²) in [6.07, 6.45) is 2.10. The van der Waals surface area contributed by atoms with E-state index in [-0.39, 0.29) is 35.8 Å². The van der Waals surface area contributed by atoms with Crippen LogP contribution >= 0.6 is 24.0 Å². The highest BCUT2D eigenvalue weighted by atomic mass is 127. The summed E-state index contributed by atoms with van der Waals surface area (Å²) in [5.41, 5.74) is 1.16. The molecule has 1 aromatic rings. The number of nitrogens with zero attached hydrogens (tertiary/aromatic N) is 1. The lowest BCUT2D eigenvalue weighted by molar-refractivity contribution is 0.0652. The lowest BCUT2D eigenvalue weighted by atomic mass is 10.1. The van der Waals surface area contributed by atoms with E-state index in [9.17, 15) is 8.42 Å². The molecule has 0 saturated carbocycles. The molecule has 25 heavy (non-hydrogen) atoms. The number of benzene rings is 1. The number of ether oxygens (including phenoxy) is 1. The third kappa shape index (κ3) is 12.2. The van der Waals surface area contributed by atoms with Crippen molar-refractivity contribution in [3.8, 4) is 0 Å². The van der Waals surface area contributed by atoms with Crippen molar-refractivity contribution in [3.63, 3.8) is 0 Å². The van der Waals surface area contributed by atoms with E-state index in [2.05, 4.69) is 27.8 Å². The minimum Gasteiger partial charge on any atom is -0.374 e. The average molecular weight is 483 g/mol. The Kier molecular flexibility index (Phi) is 12.9. The third-order valence-corrected chi connectivity index (χ3v) is 4.26. The van der Waals surface area contributed by atoms with Crippen LogP contribution in [-0.2, 0) is 14.6 Å². The highest BCUT2D eigenvalue weighted by Gasteiger charge is 2.05. The first kappa shape index (κ1) is 24.1. The fourth-order valence-corrected chi connectivity index (χ4v) is 2.51. The Labute approximate surface area is 168 Å². The maximum atomic E-state index is 11.1. The third-order valence-electron chi connectivity index (χ3n) is 3.32. The number of rotatable bonds is 10. The molecule has 0 heterocycles. The van der Waals surface area contributed by atoms with Gasteiger partial charge in [-0.2, -0.15) is 0 Å². The number of halogens is 1. The zero-order valence-corrected chi connectivity index (χ0v) is 18.3. The topological polar surface area (TPSA) is 79.8 Å². The molecule has 1 aromatic carbocycles. The Balaban J connectivity index is 0.00000576. The second-order valence-corrected chi connectivity index (χ2v) is 7.85. The van der Waals surface area contributed by atoms with Gasteiger partial charge in [-0.3, -0.25) is 4.99 Å². The van der Waals surface area contributed by atoms with Gasteiger partial charge in [0.25, 0.3) is 0 Å². The molecule has 0 fully saturated rings. The van der Waals surface area contributed by atoms with Crippen LogP contribution in [0, 0.1) is 0 Å². The Bertz CT molecular complexity index is 594. The molecule has 0 saturated heterocycles. The number of aliphatic imine (C=N–C) groups is 1. The van der Waals surface area contributed by atoms with Crippen molar-refractivity contribution >= 4 is 39.8 Å². The van der Waals surface area contributed by atoms with E-state index < -0.39 is 9.84 Å². The van der Waals surface area contributed by atoms with Gasteiger partial charge in [-0.05, 0) is 25.8 Å². The second-order valence-electron chi connectivity index (χ2n) is 5.59. The zero-order chi connectivity index (χ0) is 17.8. The summed E-state index contributed by atoms with van der Waals surface area (Å²) in [4.78, 5) is 4.42. The van der Waals surface area contributed by atoms with E-state index in [1.807, 2.05) is 32.0 Å². The summed E-state index contributed by atoms with van der Waals surface area (Å²) in [6.45, 7) is 6.34. The zero-order valence-electron chi connectivity index (χ0n) is 15.2. The minimum atomic E-state index is -2.97. The van der Waals surface area contributed by atoms with Crippen molar-refractivity contribution in [3.05, 3.63) is 35.9 Å². The van der Waals surface area contributed by atoms with Crippen LogP contribution in [-0.4, -0.2) is 52.6 Å². The van der Waals surface area contributed by atoms with Gasteiger partial charge in [-0.1, -0.05) is 30.3 Å². The highest BCUT2D eigenvalue weighted by Crippen LogP contribution is 2.15. The van der Waals surface area contributed by atoms with Crippen molar-refractivity contribution in [1.82, 2.24) is 10.6 Å². The fourth-order valence-electron chi connectivity index (χ4n) is 2.03. The second kappa shape index (κ2) is 13.3. The van der Waals surface area contributed by atoms with Gasteiger partial charge < -0.3 is 15.4 Å². The largest absolute Gasteiger partial charge is 0.374 e. The maximum Gasteiger partial charge on any atom is 0.191 e. The predicted molar refractivity (Wildman–Crippen MR) is 115 cm³/mol. The molecule has 6 nitrogen and oxygen atoms in total. The average Bonchev–Trinajstić information content (AvgIpc) is 2.54. The molecule has 0 bridgehead atoms. The van der Waals surface area contributed by atoms with E-state index in [4.69, 9.17) is 4.74 Å². The summed E-state index contributed by atoms with van der Waals surface area (Å²) < 4.78 is 28.1. The number of nitrogens with one attached hydrogen (secondary N) is 2. The lowest BCUT2D eigenvalue weighted by Gasteiger charge is -2.13. The Morgan fingerprint density at radius 1 is 1.24 bits per heavy atom. The minimum absolute atomic E-state index is 0. The first-order valence-electron chi connectivity index (χ1n) is 8.29. The molecule has 144 valence electrons. The maximum absolute atomic E-state index is 11.1. The smallest absolute Gasteiger partial charge is 0.191 e. The number of sulfone groups is 1. The Morgan fingerprint density at radius 3 is 2.52 bits per heavy atom. The molecule has 8 heteroatoms. The van der Waals surface area contributed by atoms with Crippen molar-refractivity contribution < 1.29 is 13.2 Å². The molecule has 0 amide bonds.